The molecule has 0 N–H and O–H groups in total. The second-order valence-electron chi connectivity index (χ2n) is 3.82. The van der Waals surface area contributed by atoms with Crippen molar-refractivity contribution in [3.8, 4) is 6.07 Å². The van der Waals surface area contributed by atoms with E-state index in [2.05, 4.69) is 26.8 Å². The number of benzene rings is 1. The smallest absolute Gasteiger partial charge is 0.101 e. The fourth-order valence-corrected chi connectivity index (χ4v) is 2.33. The van der Waals surface area contributed by atoms with Crippen LogP contribution in [0.2, 0.25) is 5.02 Å². The molecular formula is C12H14ClNS. The topological polar surface area (TPSA) is 23.8 Å². The highest BCUT2D eigenvalue weighted by Gasteiger charge is 2.09. The summed E-state index contributed by atoms with van der Waals surface area (Å²) >= 11 is 7.75. The predicted octanol–water partition coefficient (Wildman–Crippen LogP) is 4.35. The highest BCUT2D eigenvalue weighted by molar-refractivity contribution is 8.00. The van der Waals surface area contributed by atoms with E-state index in [1.807, 2.05) is 12.1 Å². The van der Waals surface area contributed by atoms with Gasteiger partial charge in [-0.05, 0) is 24.1 Å². The molecule has 1 rings (SSSR count). The van der Waals surface area contributed by atoms with E-state index in [4.69, 9.17) is 16.9 Å². The van der Waals surface area contributed by atoms with Gasteiger partial charge in [-0.15, -0.1) is 11.8 Å². The minimum atomic E-state index is 0.540. The first-order valence-corrected chi connectivity index (χ1v) is 6.16. The van der Waals surface area contributed by atoms with Gasteiger partial charge in [0.25, 0.3) is 0 Å². The van der Waals surface area contributed by atoms with Gasteiger partial charge in [0, 0.05) is 10.1 Å². The van der Waals surface area contributed by atoms with Crippen LogP contribution in [0.25, 0.3) is 0 Å². The molecule has 0 saturated carbocycles. The number of nitrogens with zero attached hydrogens (tertiary/aromatic N) is 1. The number of nitriles is 1. The standard InChI is InChI=1S/C12H14ClNS/c1-8(2)9(3)15-11-5-4-10(7-14)12(13)6-11/h4-6,8-9H,1-3H3. The molecule has 80 valence electrons. The molecule has 1 unspecified atom stereocenters. The fraction of sp³-hybridized carbons (Fsp3) is 0.417. The Morgan fingerprint density at radius 1 is 1.33 bits per heavy atom. The van der Waals surface area contributed by atoms with Crippen LogP contribution in [0.4, 0.5) is 0 Å². The number of halogens is 1. The molecule has 0 heterocycles. The van der Waals surface area contributed by atoms with Crippen molar-refractivity contribution in [2.45, 2.75) is 30.9 Å². The van der Waals surface area contributed by atoms with Gasteiger partial charge in [0.1, 0.15) is 6.07 Å². The SMILES string of the molecule is CC(C)C(C)Sc1ccc(C#N)c(Cl)c1. The van der Waals surface area contributed by atoms with Crippen molar-refractivity contribution in [2.24, 2.45) is 5.92 Å². The normalized spacial score (nSPS) is 12.5. The molecule has 0 bridgehead atoms. The molecule has 1 aromatic carbocycles. The Balaban J connectivity index is 2.81. The van der Waals surface area contributed by atoms with Crippen LogP contribution in [0, 0.1) is 17.2 Å². The van der Waals surface area contributed by atoms with Crippen LogP contribution in [0.1, 0.15) is 26.3 Å². The van der Waals surface area contributed by atoms with Gasteiger partial charge in [-0.1, -0.05) is 32.4 Å². The third-order valence-corrected chi connectivity index (χ3v) is 4.08. The third-order valence-electron chi connectivity index (χ3n) is 2.32. The maximum absolute atomic E-state index is 8.74. The summed E-state index contributed by atoms with van der Waals surface area (Å²) in [5.74, 6) is 0.629. The summed E-state index contributed by atoms with van der Waals surface area (Å²) in [6.07, 6.45) is 0. The molecular weight excluding hydrogens is 226 g/mol. The zero-order chi connectivity index (χ0) is 11.4. The molecule has 0 aliphatic carbocycles. The minimum Gasteiger partial charge on any atom is -0.192 e. The summed E-state index contributed by atoms with van der Waals surface area (Å²) in [6.45, 7) is 6.59. The van der Waals surface area contributed by atoms with Gasteiger partial charge in [0.2, 0.25) is 0 Å². The van der Waals surface area contributed by atoms with E-state index in [0.717, 1.165) is 4.90 Å². The van der Waals surface area contributed by atoms with E-state index in [0.29, 0.717) is 21.8 Å². The summed E-state index contributed by atoms with van der Waals surface area (Å²) in [5.41, 5.74) is 0.540. The molecule has 0 fully saturated rings. The lowest BCUT2D eigenvalue weighted by Crippen LogP contribution is -2.04. The first-order valence-electron chi connectivity index (χ1n) is 4.91. The summed E-state index contributed by atoms with van der Waals surface area (Å²) < 4.78 is 0. The molecule has 1 aromatic rings. The Morgan fingerprint density at radius 2 is 2.00 bits per heavy atom. The van der Waals surface area contributed by atoms with Crippen LogP contribution < -0.4 is 0 Å². The molecule has 0 amide bonds. The van der Waals surface area contributed by atoms with Crippen LogP contribution in [0.3, 0.4) is 0 Å². The van der Waals surface area contributed by atoms with E-state index in [1.54, 1.807) is 17.8 Å². The Morgan fingerprint density at radius 3 is 2.47 bits per heavy atom. The lowest BCUT2D eigenvalue weighted by molar-refractivity contribution is 0.642. The highest BCUT2D eigenvalue weighted by atomic mass is 35.5. The molecule has 0 saturated heterocycles. The number of rotatable bonds is 3. The van der Waals surface area contributed by atoms with Gasteiger partial charge in [-0.25, -0.2) is 0 Å². The third kappa shape index (κ3) is 3.44. The van der Waals surface area contributed by atoms with Gasteiger partial charge in [0.15, 0.2) is 0 Å². The van der Waals surface area contributed by atoms with Crippen molar-refractivity contribution in [2.75, 3.05) is 0 Å². The van der Waals surface area contributed by atoms with Crippen LogP contribution in [0.5, 0.6) is 0 Å². The first-order chi connectivity index (χ1) is 7.04. The van der Waals surface area contributed by atoms with Gasteiger partial charge >= 0.3 is 0 Å². The van der Waals surface area contributed by atoms with Gasteiger partial charge in [-0.2, -0.15) is 5.26 Å². The first kappa shape index (κ1) is 12.4. The largest absolute Gasteiger partial charge is 0.192 e. The number of thioether (sulfide) groups is 1. The Labute approximate surface area is 100 Å². The predicted molar refractivity (Wildman–Crippen MR) is 66.3 cm³/mol. The summed E-state index contributed by atoms with van der Waals surface area (Å²) in [7, 11) is 0. The van der Waals surface area contributed by atoms with Crippen LogP contribution in [-0.4, -0.2) is 5.25 Å². The van der Waals surface area contributed by atoms with Crippen LogP contribution in [0.15, 0.2) is 23.1 Å². The van der Waals surface area contributed by atoms with Crippen LogP contribution >= 0.6 is 23.4 Å². The van der Waals surface area contributed by atoms with Gasteiger partial charge in [0.05, 0.1) is 10.6 Å². The quantitative estimate of drug-likeness (QED) is 0.733. The molecule has 0 spiro atoms. The van der Waals surface area contributed by atoms with Crippen molar-refractivity contribution < 1.29 is 0 Å². The Kier molecular flexibility index (Phi) is 4.50. The van der Waals surface area contributed by atoms with Crippen molar-refractivity contribution in [1.29, 1.82) is 5.26 Å². The van der Waals surface area contributed by atoms with E-state index >= 15 is 0 Å². The number of hydrogen-bond acceptors (Lipinski definition) is 2. The Hall–Kier alpha value is -0.650. The lowest BCUT2D eigenvalue weighted by atomic mass is 10.2. The summed E-state index contributed by atoms with van der Waals surface area (Å²) in [6, 6.07) is 7.65. The van der Waals surface area contributed by atoms with Crippen LogP contribution in [-0.2, 0) is 0 Å². The average Bonchev–Trinajstić information content (AvgIpc) is 2.18. The highest BCUT2D eigenvalue weighted by Crippen LogP contribution is 2.30. The van der Waals surface area contributed by atoms with Gasteiger partial charge in [-0.3, -0.25) is 0 Å². The minimum absolute atomic E-state index is 0.540. The van der Waals surface area contributed by atoms with E-state index in [-0.39, 0.29) is 0 Å². The second kappa shape index (κ2) is 5.44. The molecule has 1 nitrogen and oxygen atoms in total. The lowest BCUT2D eigenvalue weighted by Gasteiger charge is -2.14. The number of hydrogen-bond donors (Lipinski definition) is 0. The zero-order valence-corrected chi connectivity index (χ0v) is 10.7. The monoisotopic (exact) mass is 239 g/mol. The maximum Gasteiger partial charge on any atom is 0.101 e. The zero-order valence-electron chi connectivity index (χ0n) is 9.12. The molecule has 1 atom stereocenters. The van der Waals surface area contributed by atoms with Gasteiger partial charge < -0.3 is 0 Å². The summed E-state index contributed by atoms with van der Waals surface area (Å²) in [5, 5.41) is 9.83. The molecule has 0 aromatic heterocycles. The van der Waals surface area contributed by atoms with E-state index in [9.17, 15) is 0 Å². The molecule has 0 aliphatic heterocycles. The maximum atomic E-state index is 8.74. The van der Waals surface area contributed by atoms with Crippen molar-refractivity contribution in [3.63, 3.8) is 0 Å². The molecule has 0 radical (unpaired) electrons. The molecule has 0 aliphatic rings. The second-order valence-corrected chi connectivity index (χ2v) is 5.68. The molecule has 15 heavy (non-hydrogen) atoms. The van der Waals surface area contributed by atoms with E-state index in [1.165, 1.54) is 0 Å². The molecule has 3 heteroatoms. The summed E-state index contributed by atoms with van der Waals surface area (Å²) in [4.78, 5) is 1.13. The van der Waals surface area contributed by atoms with Crippen molar-refractivity contribution >= 4 is 23.4 Å². The fourth-order valence-electron chi connectivity index (χ4n) is 1.01. The Bertz CT molecular complexity index is 382. The average molecular weight is 240 g/mol. The van der Waals surface area contributed by atoms with E-state index < -0.39 is 0 Å². The van der Waals surface area contributed by atoms with Crippen molar-refractivity contribution in [1.82, 2.24) is 0 Å². The van der Waals surface area contributed by atoms with Crippen molar-refractivity contribution in [3.05, 3.63) is 28.8 Å².